The Kier molecular flexibility index (Phi) is 32.1. The molecule has 37 heteroatoms. The molecule has 4 saturated carbocycles. The van der Waals surface area contributed by atoms with E-state index in [1.807, 2.05) is 24.3 Å². The Hall–Kier alpha value is -12.7. The number of aliphatic hydroxyl groups excluding tert-OH is 5. The molecule has 146 heavy (non-hydrogen) atoms. The first kappa shape index (κ1) is 106. The molecule has 4 aliphatic heterocycles. The van der Waals surface area contributed by atoms with E-state index in [9.17, 15) is 53.9 Å². The average molecular weight is 2190 g/mol. The van der Waals surface area contributed by atoms with E-state index in [2.05, 4.69) is 51.8 Å². The normalized spacial score (nSPS) is 22.9. The molecule has 12 atom stereocenters. The number of rotatable bonds is 20. The maximum atomic E-state index is 16.2. The summed E-state index contributed by atoms with van der Waals surface area (Å²) < 4.78 is 83.6. The molecule has 9 unspecified atom stereocenters. The van der Waals surface area contributed by atoms with E-state index in [1.165, 1.54) is 96.7 Å². The number of carbonyl (C=O) groups excluding carboxylic acids is 5. The average Bonchev–Trinajstić information content (AvgIpc) is 1.51. The van der Waals surface area contributed by atoms with Crippen molar-refractivity contribution in [1.82, 2.24) is 39.5 Å². The number of nitriles is 4. The lowest BCUT2D eigenvalue weighted by atomic mass is 9.88. The Balaban J connectivity index is 0.000000136. The summed E-state index contributed by atoms with van der Waals surface area (Å²) in [7, 11) is 0. The van der Waals surface area contributed by atoms with Crippen molar-refractivity contribution < 1.29 is 91.5 Å². The van der Waals surface area contributed by atoms with Crippen LogP contribution in [0.25, 0.3) is 0 Å². The topological polar surface area (TPSA) is 414 Å². The Morgan fingerprint density at radius 3 is 0.952 bits per heavy atom. The summed E-state index contributed by atoms with van der Waals surface area (Å²) in [6.45, 7) is 4.09. The Morgan fingerprint density at radius 2 is 0.664 bits per heavy atom. The lowest BCUT2D eigenvalue weighted by Gasteiger charge is -2.42. The Bertz CT molecular complexity index is 7170. The van der Waals surface area contributed by atoms with Gasteiger partial charge in [0.25, 0.3) is 23.6 Å². The van der Waals surface area contributed by atoms with Crippen LogP contribution >= 0.6 is 78.3 Å². The van der Waals surface area contributed by atoms with Crippen LogP contribution in [-0.2, 0) is 68.9 Å². The Morgan fingerprint density at radius 1 is 0.390 bits per heavy atom. The number of ketones is 1. The minimum Gasteiger partial charge on any atom is -0.390 e. The monoisotopic (exact) mass is 2180 g/mol. The molecule has 4 amide bonds. The molecule has 0 radical (unpaired) electrons. The van der Waals surface area contributed by atoms with Crippen LogP contribution in [-0.4, -0.2) is 154 Å². The lowest BCUT2D eigenvalue weighted by Crippen LogP contribution is -2.50. The molecule has 8 aromatic carbocycles. The molecule has 20 rings (SSSR count). The van der Waals surface area contributed by atoms with Crippen molar-refractivity contribution in [3.05, 3.63) is 394 Å². The third kappa shape index (κ3) is 21.2. The van der Waals surface area contributed by atoms with Crippen molar-refractivity contribution in [2.75, 3.05) is 0 Å². The summed E-state index contributed by atoms with van der Waals surface area (Å²) in [5, 5.41) is 110. The fourth-order valence-electron chi connectivity index (χ4n) is 19.6. The predicted octanol–water partition coefficient (Wildman–Crippen LogP) is 19.0. The summed E-state index contributed by atoms with van der Waals surface area (Å²) in [5.41, 5.74) is -3.09. The molecule has 0 spiro atoms. The first-order valence-corrected chi connectivity index (χ1v) is 49.7. The molecule has 4 aromatic heterocycles. The largest absolute Gasteiger partial charge is 0.390 e. The van der Waals surface area contributed by atoms with Crippen LogP contribution in [0.5, 0.6) is 0 Å². The number of benzene rings is 8. The van der Waals surface area contributed by atoms with Gasteiger partial charge in [0.2, 0.25) is 17.2 Å². The van der Waals surface area contributed by atoms with Gasteiger partial charge in [-0.3, -0.25) is 63.5 Å². The second-order valence-electron chi connectivity index (χ2n) is 36.8. The minimum absolute atomic E-state index is 0.00119. The van der Waals surface area contributed by atoms with Crippen molar-refractivity contribution in [3.63, 3.8) is 0 Å². The number of ether oxygens (including phenoxy) is 3. The summed E-state index contributed by atoms with van der Waals surface area (Å²) in [6, 6.07) is 57.7. The van der Waals surface area contributed by atoms with Crippen molar-refractivity contribution >= 4 is 108 Å². The number of fused-ring (bicyclic) bond motifs is 4. The number of hydrogen-bond acceptors (Lipinski definition) is 23. The van der Waals surface area contributed by atoms with Gasteiger partial charge in [0, 0.05) is 81.6 Å². The van der Waals surface area contributed by atoms with Gasteiger partial charge in [-0.2, -0.15) is 21.0 Å². The number of Topliss-reactive ketones (excluding diaryl/α,β-unsaturated/α-hetero) is 1. The summed E-state index contributed by atoms with van der Waals surface area (Å²) >= 11 is 30.9. The summed E-state index contributed by atoms with van der Waals surface area (Å²) in [4.78, 5) is 89.7. The number of aromatic nitrogens is 4. The molecule has 7 N–H and O–H groups in total. The molecular weight excluding hydrogens is 2090 g/mol. The molecule has 4 fully saturated rings. The van der Waals surface area contributed by atoms with Crippen LogP contribution in [0, 0.1) is 68.6 Å². The van der Waals surface area contributed by atoms with Gasteiger partial charge >= 0.3 is 0 Å². The van der Waals surface area contributed by atoms with Gasteiger partial charge < -0.3 is 50.0 Å². The standard InChI is InChI=1S/C29H27ClFN3O4.C28H23ClFN3O4.C26H20BrClFN3O3.C21H12BrClFN3O2.C5H10O2/c1-28(2,37)19-12-22-26(23(31)13-19)29(18-7-9-20(30)10-8-18,38-25-5-3-4-24(25)35)34(27(22)36)16-21-11-6-17(14-32)15-33-21;1-16(34)18-11-22-26(23(30)12-18)28(19-6-8-20(29)9-7-19,37-25-4-2-3-24(25)35)33(27(22)36)15-21-10-5-17(13-31)14-32-21;27-17-10-20-24(21(29)11-17)26(16-5-7-18(28)8-6-16,35-23-3-1-2-22(23)33)32(25(20)34)14-19-9-4-15(12-30)13-31-19;22-14-7-17-19(18(24)8-14)21(29,13-2-4-15(23)5-3-13)27(20(17)28)11-16-6-1-12(9-25)10-26-16;6-4-2-1-3-5(4)7/h6-13,15,24-25,35,37H,3-5,16H2,1-2H3;5-12,14,24-25,35H,2-4,15H2,1H3;4-11,13,22-23,33H,1-3,14H2;1-8,10,29H,11H2;4-7H,1-3H2/t24?,25?,29-;;;;4-,5+/m1..../s1. The van der Waals surface area contributed by atoms with Crippen molar-refractivity contribution in [1.29, 1.82) is 21.0 Å². The zero-order valence-electron chi connectivity index (χ0n) is 78.3. The molecule has 12 aromatic rings. The zero-order chi connectivity index (χ0) is 104. The maximum absolute atomic E-state index is 16.2. The van der Waals surface area contributed by atoms with Gasteiger partial charge in [-0.25, -0.2) is 17.6 Å². The quantitative estimate of drug-likeness (QED) is 0.0275. The van der Waals surface area contributed by atoms with Gasteiger partial charge in [-0.15, -0.1) is 0 Å². The number of carbonyl (C=O) groups is 5. The van der Waals surface area contributed by atoms with Crippen LogP contribution in [0.2, 0.25) is 20.1 Å². The molecule has 27 nitrogen and oxygen atoms in total. The third-order valence-electron chi connectivity index (χ3n) is 26.9. The van der Waals surface area contributed by atoms with Crippen LogP contribution in [0.4, 0.5) is 17.6 Å². The maximum Gasteiger partial charge on any atom is 0.257 e. The van der Waals surface area contributed by atoms with Crippen LogP contribution in [0.3, 0.4) is 0 Å². The third-order valence-corrected chi connectivity index (χ3v) is 28.8. The van der Waals surface area contributed by atoms with Gasteiger partial charge in [-0.05, 0) is 249 Å². The number of amides is 4. The van der Waals surface area contributed by atoms with Gasteiger partial charge in [0.1, 0.15) is 47.5 Å². The van der Waals surface area contributed by atoms with E-state index in [4.69, 9.17) is 91.9 Å². The Labute approximate surface area is 873 Å². The first-order chi connectivity index (χ1) is 69.8. The number of halogens is 10. The van der Waals surface area contributed by atoms with E-state index in [0.29, 0.717) is 141 Å². The number of pyridine rings is 4. The zero-order valence-corrected chi connectivity index (χ0v) is 84.5. The van der Waals surface area contributed by atoms with Crippen molar-refractivity contribution in [2.45, 2.75) is 201 Å². The van der Waals surface area contributed by atoms with Crippen LogP contribution in [0.1, 0.15) is 245 Å². The van der Waals surface area contributed by atoms with E-state index in [0.717, 1.165) is 43.1 Å². The van der Waals surface area contributed by atoms with E-state index >= 15 is 13.2 Å². The van der Waals surface area contributed by atoms with Crippen LogP contribution < -0.4 is 0 Å². The molecule has 8 heterocycles. The van der Waals surface area contributed by atoms with Crippen molar-refractivity contribution in [3.8, 4) is 24.3 Å². The predicted molar refractivity (Wildman–Crippen MR) is 533 cm³/mol. The van der Waals surface area contributed by atoms with Gasteiger partial charge in [0.05, 0.1) is 170 Å². The number of hydrogen-bond donors (Lipinski definition) is 7. The smallest absolute Gasteiger partial charge is 0.257 e. The minimum atomic E-state index is -2.04. The summed E-state index contributed by atoms with van der Waals surface area (Å²) in [6.07, 6.45) is 8.43. The number of nitrogens with zero attached hydrogens (tertiary/aromatic N) is 12. The fraction of sp³-hybridized carbons (Fsp3) is 0.294. The molecule has 4 aliphatic carbocycles. The van der Waals surface area contributed by atoms with E-state index in [-0.39, 0.29) is 87.6 Å². The van der Waals surface area contributed by atoms with Crippen molar-refractivity contribution in [2.24, 2.45) is 0 Å². The molecule has 748 valence electrons. The van der Waals surface area contributed by atoms with Crippen LogP contribution in [0.15, 0.2) is 228 Å². The van der Waals surface area contributed by atoms with E-state index < -0.39 is 124 Å². The highest BCUT2D eigenvalue weighted by Crippen LogP contribution is 2.56. The second-order valence-corrected chi connectivity index (χ2v) is 40.4. The van der Waals surface area contributed by atoms with E-state index in [1.54, 1.807) is 152 Å². The summed E-state index contributed by atoms with van der Waals surface area (Å²) in [5.74, 6) is -5.23. The molecule has 8 aliphatic rings. The van der Waals surface area contributed by atoms with Gasteiger partial charge in [-0.1, -0.05) is 127 Å². The molecule has 0 bridgehead atoms. The highest BCUT2D eigenvalue weighted by molar-refractivity contribution is 9.10. The van der Waals surface area contributed by atoms with Gasteiger partial charge in [0.15, 0.2) is 11.5 Å². The lowest BCUT2D eigenvalue weighted by molar-refractivity contribution is -0.169. The SMILES string of the molecule is CC(=O)c1cc(F)c2c(c1)C(=O)N(Cc1ccc(C#N)cn1)C2(OC1CCCC1O)c1ccc(Cl)cc1.CC(C)(O)c1cc(F)c2c(c1)C(=O)N(Cc1ccc(C#N)cn1)[C@@]2(OC1CCCC1O)c1ccc(Cl)cc1.N#Cc1ccc(CN2C(=O)c3cc(Br)cc(F)c3C2(O)c2ccc(Cl)cc2)nc1.N#Cc1ccc(CN2C(=O)c3cc(Br)cc(F)c3C2(OC2CCCC2O)c2ccc(Cl)cc2)nc1.O[C@@H]1CCC[C@@H]1O. The molecular formula is C109H92Br2Cl4F4N12O15. The number of aliphatic hydroxyl groups is 7. The first-order valence-electron chi connectivity index (χ1n) is 46.6. The molecule has 0 saturated heterocycles. The highest BCUT2D eigenvalue weighted by Gasteiger charge is 2.61. The highest BCUT2D eigenvalue weighted by atomic mass is 79.9. The second kappa shape index (κ2) is 44.2. The fourth-order valence-corrected chi connectivity index (χ4v) is 21.0.